The van der Waals surface area contributed by atoms with Gasteiger partial charge in [-0.1, -0.05) is 36.4 Å². The van der Waals surface area contributed by atoms with Gasteiger partial charge in [-0.25, -0.2) is 19.6 Å². The maximum absolute atomic E-state index is 12.8. The van der Waals surface area contributed by atoms with Crippen LogP contribution < -0.4 is 5.69 Å². The summed E-state index contributed by atoms with van der Waals surface area (Å²) in [6, 6.07) is 9.50. The van der Waals surface area contributed by atoms with Gasteiger partial charge >= 0.3 is 11.7 Å². The Hall–Kier alpha value is -3.22. The zero-order valence-corrected chi connectivity index (χ0v) is 14.5. The summed E-state index contributed by atoms with van der Waals surface area (Å²) in [6.45, 7) is 1.35. The summed E-state index contributed by atoms with van der Waals surface area (Å²) in [5.41, 5.74) is 1.52. The smallest absolute Gasteiger partial charge is 0.324 e. The van der Waals surface area contributed by atoms with E-state index >= 15 is 0 Å². The highest BCUT2D eigenvalue weighted by atomic mass is 16.2. The van der Waals surface area contributed by atoms with E-state index in [9.17, 15) is 9.59 Å². The first-order valence-electron chi connectivity index (χ1n) is 8.62. The van der Waals surface area contributed by atoms with Crippen molar-refractivity contribution < 1.29 is 4.79 Å². The number of hydrogen-bond acceptors (Lipinski definition) is 4. The molecule has 0 N–H and O–H groups in total. The molecular formula is C19H19N5O2. The summed E-state index contributed by atoms with van der Waals surface area (Å²) in [5.74, 6) is 0.454. The third-order valence-corrected chi connectivity index (χ3v) is 4.61. The number of carbonyl (C=O) groups excluding carboxylic acids is 1. The van der Waals surface area contributed by atoms with Gasteiger partial charge in [0.1, 0.15) is 5.52 Å². The Morgan fingerprint density at radius 2 is 1.85 bits per heavy atom. The molecule has 3 heterocycles. The second-order valence-electron chi connectivity index (χ2n) is 6.33. The summed E-state index contributed by atoms with van der Waals surface area (Å²) in [4.78, 5) is 35.8. The van der Waals surface area contributed by atoms with Gasteiger partial charge < -0.3 is 4.90 Å². The molecule has 0 saturated carbocycles. The minimum atomic E-state index is -0.393. The molecule has 1 amide bonds. The maximum atomic E-state index is 12.8. The molecule has 0 unspecified atom stereocenters. The highest BCUT2D eigenvalue weighted by molar-refractivity contribution is 5.87. The Bertz CT molecular complexity index is 1040. The molecule has 0 aliphatic carbocycles. The summed E-state index contributed by atoms with van der Waals surface area (Å²) in [5, 5.41) is 0. The number of rotatable bonds is 2. The quantitative estimate of drug-likeness (QED) is 0.712. The largest absolute Gasteiger partial charge is 0.338 e. The first-order chi connectivity index (χ1) is 12.6. The molecule has 2 aromatic heterocycles. The van der Waals surface area contributed by atoms with Gasteiger partial charge in [-0.3, -0.25) is 4.57 Å². The second-order valence-corrected chi connectivity index (χ2v) is 6.33. The number of benzene rings is 1. The van der Waals surface area contributed by atoms with Gasteiger partial charge in [0.25, 0.3) is 0 Å². The Morgan fingerprint density at radius 3 is 2.58 bits per heavy atom. The Kier molecular flexibility index (Phi) is 4.12. The predicted molar refractivity (Wildman–Crippen MR) is 99.7 cm³/mol. The number of carbonyl (C=O) groups is 1. The van der Waals surface area contributed by atoms with Crippen LogP contribution in [-0.4, -0.2) is 43.1 Å². The van der Waals surface area contributed by atoms with Crippen LogP contribution in [0.2, 0.25) is 0 Å². The van der Waals surface area contributed by atoms with Crippen molar-refractivity contribution in [3.63, 3.8) is 0 Å². The van der Waals surface area contributed by atoms with Crippen molar-refractivity contribution >= 4 is 29.3 Å². The highest BCUT2D eigenvalue weighted by Gasteiger charge is 2.25. The molecular weight excluding hydrogens is 330 g/mol. The molecule has 1 fully saturated rings. The molecule has 132 valence electrons. The minimum absolute atomic E-state index is 0.310. The minimum Gasteiger partial charge on any atom is -0.324 e. The molecule has 7 nitrogen and oxygen atoms in total. The van der Waals surface area contributed by atoms with Crippen LogP contribution in [0, 0.1) is 0 Å². The third kappa shape index (κ3) is 2.81. The molecule has 3 aromatic rings. The van der Waals surface area contributed by atoms with Crippen molar-refractivity contribution in [3.05, 3.63) is 58.4 Å². The van der Waals surface area contributed by atoms with E-state index in [0.717, 1.165) is 23.0 Å². The number of hydrogen-bond donors (Lipinski definition) is 0. The van der Waals surface area contributed by atoms with E-state index in [0.29, 0.717) is 30.1 Å². The fourth-order valence-electron chi connectivity index (χ4n) is 3.16. The highest BCUT2D eigenvalue weighted by Crippen LogP contribution is 2.14. The van der Waals surface area contributed by atoms with Gasteiger partial charge in [-0.2, -0.15) is 4.57 Å². The van der Waals surface area contributed by atoms with E-state index in [-0.39, 0.29) is 6.03 Å². The molecule has 0 bridgehead atoms. The fourth-order valence-corrected chi connectivity index (χ4v) is 3.16. The lowest BCUT2D eigenvalue weighted by molar-refractivity contribution is 0.210. The molecule has 1 saturated heterocycles. The molecule has 0 atom stereocenters. The van der Waals surface area contributed by atoms with E-state index < -0.39 is 5.69 Å². The lowest BCUT2D eigenvalue weighted by Gasteiger charge is -2.14. The van der Waals surface area contributed by atoms with Crippen LogP contribution in [0.4, 0.5) is 4.79 Å². The number of fused-ring (bicyclic) bond motifs is 1. The standard InChI is InChI=1S/C19H19N5O2/c1-22-15-13-20-16(10-9-14-7-3-2-4-8-14)21-17(15)24(18(22)25)19(26)23-11-5-6-12-23/h2-4,7-10,13H,5-6,11-12H2,1H3. The second kappa shape index (κ2) is 6.59. The molecule has 1 aromatic carbocycles. The zero-order chi connectivity index (χ0) is 18.1. The first kappa shape index (κ1) is 16.3. The number of imidazole rings is 1. The van der Waals surface area contributed by atoms with Crippen molar-refractivity contribution in [2.45, 2.75) is 12.8 Å². The lowest BCUT2D eigenvalue weighted by Crippen LogP contribution is -2.38. The first-order valence-corrected chi connectivity index (χ1v) is 8.62. The van der Waals surface area contributed by atoms with Crippen LogP contribution in [0.5, 0.6) is 0 Å². The van der Waals surface area contributed by atoms with Crippen molar-refractivity contribution in [3.8, 4) is 0 Å². The van der Waals surface area contributed by atoms with Crippen LogP contribution in [0.3, 0.4) is 0 Å². The molecule has 0 radical (unpaired) electrons. The van der Waals surface area contributed by atoms with Gasteiger partial charge in [0.2, 0.25) is 0 Å². The Balaban J connectivity index is 1.77. The normalized spacial score (nSPS) is 14.6. The van der Waals surface area contributed by atoms with E-state index in [1.807, 2.05) is 36.4 Å². The predicted octanol–water partition coefficient (Wildman–Crippen LogP) is 2.36. The van der Waals surface area contributed by atoms with Gasteiger partial charge in [-0.05, 0) is 24.5 Å². The van der Waals surface area contributed by atoms with Crippen molar-refractivity contribution in [2.75, 3.05) is 13.1 Å². The zero-order valence-electron chi connectivity index (χ0n) is 14.5. The average molecular weight is 349 g/mol. The summed E-state index contributed by atoms with van der Waals surface area (Å²) < 4.78 is 2.57. The van der Waals surface area contributed by atoms with Crippen LogP contribution in [0.25, 0.3) is 23.3 Å². The van der Waals surface area contributed by atoms with Gasteiger partial charge in [0.05, 0.1) is 6.20 Å². The molecule has 7 heteroatoms. The van der Waals surface area contributed by atoms with Gasteiger partial charge in [0.15, 0.2) is 11.5 Å². The van der Waals surface area contributed by atoms with Crippen molar-refractivity contribution in [2.24, 2.45) is 7.05 Å². The molecule has 4 rings (SSSR count). The monoisotopic (exact) mass is 349 g/mol. The average Bonchev–Trinajstić information content (AvgIpc) is 3.29. The summed E-state index contributed by atoms with van der Waals surface area (Å²) in [6.07, 6.45) is 7.19. The van der Waals surface area contributed by atoms with Gasteiger partial charge in [-0.15, -0.1) is 0 Å². The Labute approximate surface area is 150 Å². The maximum Gasteiger partial charge on any atom is 0.338 e. The van der Waals surface area contributed by atoms with E-state index in [2.05, 4.69) is 9.97 Å². The van der Waals surface area contributed by atoms with E-state index in [1.54, 1.807) is 24.2 Å². The van der Waals surface area contributed by atoms with Crippen LogP contribution in [0.1, 0.15) is 24.2 Å². The molecule has 1 aliphatic rings. The molecule has 0 spiro atoms. The molecule has 1 aliphatic heterocycles. The lowest BCUT2D eigenvalue weighted by atomic mass is 10.2. The molecule has 26 heavy (non-hydrogen) atoms. The SMILES string of the molecule is Cn1c(=O)n(C(=O)N2CCCC2)c2nc(C=Cc3ccccc3)ncc21. The Morgan fingerprint density at radius 1 is 1.12 bits per heavy atom. The number of nitrogens with zero attached hydrogens (tertiary/aromatic N) is 5. The van der Waals surface area contributed by atoms with Crippen LogP contribution >= 0.6 is 0 Å². The summed E-state index contributed by atoms with van der Waals surface area (Å²) in [7, 11) is 1.63. The third-order valence-electron chi connectivity index (χ3n) is 4.61. The number of aryl methyl sites for hydroxylation is 1. The topological polar surface area (TPSA) is 73.0 Å². The van der Waals surface area contributed by atoms with Crippen molar-refractivity contribution in [1.29, 1.82) is 0 Å². The number of aromatic nitrogens is 4. The van der Waals surface area contributed by atoms with Gasteiger partial charge in [0, 0.05) is 20.1 Å². The van der Waals surface area contributed by atoms with E-state index in [1.165, 1.54) is 4.57 Å². The fraction of sp³-hybridized carbons (Fsp3) is 0.263. The van der Waals surface area contributed by atoms with Crippen LogP contribution in [-0.2, 0) is 7.05 Å². The van der Waals surface area contributed by atoms with Crippen molar-refractivity contribution in [1.82, 2.24) is 24.0 Å². The number of amides is 1. The van der Waals surface area contributed by atoms with E-state index in [4.69, 9.17) is 0 Å². The number of likely N-dealkylation sites (tertiary alicyclic amines) is 1. The van der Waals surface area contributed by atoms with Crippen LogP contribution in [0.15, 0.2) is 41.3 Å². The summed E-state index contributed by atoms with van der Waals surface area (Å²) >= 11 is 0.